The predicted octanol–water partition coefficient (Wildman–Crippen LogP) is 3.95. The average molecular weight is 438 g/mol. The van der Waals surface area contributed by atoms with Crippen LogP contribution in [0.2, 0.25) is 0 Å². The first-order valence-corrected chi connectivity index (χ1v) is 11.1. The summed E-state index contributed by atoms with van der Waals surface area (Å²) in [6, 6.07) is 16.8. The molecule has 1 aliphatic heterocycles. The molecule has 33 heavy (non-hydrogen) atoms. The van der Waals surface area contributed by atoms with Gasteiger partial charge in [-0.15, -0.1) is 0 Å². The van der Waals surface area contributed by atoms with Gasteiger partial charge < -0.3 is 15.2 Å². The van der Waals surface area contributed by atoms with E-state index in [9.17, 15) is 4.79 Å². The highest BCUT2D eigenvalue weighted by molar-refractivity contribution is 6.00. The number of hydrogen-bond acceptors (Lipinski definition) is 6. The van der Waals surface area contributed by atoms with Gasteiger partial charge in [0.05, 0.1) is 23.6 Å². The number of fused-ring (bicyclic) bond motifs is 2. The van der Waals surface area contributed by atoms with E-state index >= 15 is 0 Å². The standard InChI is InChI=1S/C25H23N7O/c33-25(9-16-5-7-26-27-13-16)24-11-17-1-3-21(12-23(17)30-24)32-8-6-20(15-32)29-19-2-4-22-18(10-19)14-28-31-22/h1-5,7,10-14,20,29-30H,6,8-9,15H2,(H,28,31). The first kappa shape index (κ1) is 19.5. The normalized spacial score (nSPS) is 16.0. The molecule has 1 saturated heterocycles. The fourth-order valence-electron chi connectivity index (χ4n) is 4.55. The quantitative estimate of drug-likeness (QED) is 0.348. The summed E-state index contributed by atoms with van der Waals surface area (Å²) in [5, 5.41) is 20.5. The van der Waals surface area contributed by atoms with E-state index in [1.807, 2.05) is 18.3 Å². The number of anilines is 2. The van der Waals surface area contributed by atoms with Gasteiger partial charge in [-0.25, -0.2) is 0 Å². The van der Waals surface area contributed by atoms with Crippen LogP contribution in [0.1, 0.15) is 22.5 Å². The molecule has 1 fully saturated rings. The first-order valence-electron chi connectivity index (χ1n) is 11.1. The molecule has 0 amide bonds. The molecule has 3 N–H and O–H groups in total. The van der Waals surface area contributed by atoms with Crippen molar-refractivity contribution >= 4 is 39.0 Å². The molecule has 4 heterocycles. The molecular formula is C25H23N7O. The van der Waals surface area contributed by atoms with Crippen molar-refractivity contribution in [2.45, 2.75) is 18.9 Å². The Hall–Kier alpha value is -4.20. The van der Waals surface area contributed by atoms with Crippen molar-refractivity contribution in [1.29, 1.82) is 0 Å². The second-order valence-electron chi connectivity index (χ2n) is 8.55. The molecule has 2 aromatic carbocycles. The van der Waals surface area contributed by atoms with Crippen molar-refractivity contribution in [3.05, 3.63) is 78.4 Å². The number of Topliss-reactive ketones (excluding diaryl/α,β-unsaturated/α-hetero) is 1. The average Bonchev–Trinajstić information content (AvgIpc) is 3.58. The Balaban J connectivity index is 1.15. The van der Waals surface area contributed by atoms with Crippen LogP contribution in [-0.4, -0.2) is 50.3 Å². The number of aromatic amines is 2. The maximum Gasteiger partial charge on any atom is 0.183 e. The SMILES string of the molecule is O=C(Cc1ccnnc1)c1cc2ccc(N3CCC(Nc4ccc5[nH]ncc5c4)C3)cc2[nH]1. The van der Waals surface area contributed by atoms with E-state index in [-0.39, 0.29) is 5.78 Å². The van der Waals surface area contributed by atoms with Gasteiger partial charge in [-0.2, -0.15) is 15.3 Å². The zero-order valence-electron chi connectivity index (χ0n) is 18.0. The largest absolute Gasteiger partial charge is 0.380 e. The molecular weight excluding hydrogens is 414 g/mol. The fourth-order valence-corrected chi connectivity index (χ4v) is 4.55. The minimum Gasteiger partial charge on any atom is -0.380 e. The van der Waals surface area contributed by atoms with Gasteiger partial charge in [0.2, 0.25) is 0 Å². The number of nitrogens with one attached hydrogen (secondary N) is 3. The van der Waals surface area contributed by atoms with Gasteiger partial charge >= 0.3 is 0 Å². The van der Waals surface area contributed by atoms with Crippen molar-refractivity contribution in [3.63, 3.8) is 0 Å². The third kappa shape index (κ3) is 3.91. The molecule has 8 heteroatoms. The maximum absolute atomic E-state index is 12.7. The first-order chi connectivity index (χ1) is 16.2. The van der Waals surface area contributed by atoms with Crippen LogP contribution in [0.15, 0.2) is 67.1 Å². The zero-order valence-corrected chi connectivity index (χ0v) is 18.0. The summed E-state index contributed by atoms with van der Waals surface area (Å²) in [6.45, 7) is 1.91. The van der Waals surface area contributed by atoms with Gasteiger partial charge in [-0.3, -0.25) is 9.89 Å². The highest BCUT2D eigenvalue weighted by Crippen LogP contribution is 2.27. The number of carbonyl (C=O) groups excluding carboxylic acids is 1. The smallest absolute Gasteiger partial charge is 0.183 e. The molecule has 1 unspecified atom stereocenters. The molecule has 8 nitrogen and oxygen atoms in total. The van der Waals surface area contributed by atoms with Gasteiger partial charge in [0.25, 0.3) is 0 Å². The Morgan fingerprint density at radius 1 is 1.03 bits per heavy atom. The topological polar surface area (TPSA) is 103 Å². The molecule has 1 aliphatic rings. The fraction of sp³-hybridized carbons (Fsp3) is 0.200. The van der Waals surface area contributed by atoms with Crippen molar-refractivity contribution in [2.75, 3.05) is 23.3 Å². The summed E-state index contributed by atoms with van der Waals surface area (Å²) in [5.74, 6) is 0.0424. The summed E-state index contributed by atoms with van der Waals surface area (Å²) in [6.07, 6.45) is 6.45. The van der Waals surface area contributed by atoms with Crippen LogP contribution in [-0.2, 0) is 6.42 Å². The third-order valence-electron chi connectivity index (χ3n) is 6.28. The summed E-state index contributed by atoms with van der Waals surface area (Å²) in [5.41, 5.74) is 5.78. The van der Waals surface area contributed by atoms with E-state index in [0.29, 0.717) is 18.2 Å². The van der Waals surface area contributed by atoms with E-state index in [1.165, 1.54) is 0 Å². The number of hydrogen-bond donors (Lipinski definition) is 3. The number of H-pyrrole nitrogens is 2. The Bertz CT molecular complexity index is 1440. The lowest BCUT2D eigenvalue weighted by Crippen LogP contribution is -2.25. The minimum absolute atomic E-state index is 0.0424. The second-order valence-corrected chi connectivity index (χ2v) is 8.55. The lowest BCUT2D eigenvalue weighted by molar-refractivity contribution is 0.0989. The third-order valence-corrected chi connectivity index (χ3v) is 6.28. The molecule has 164 valence electrons. The second kappa shape index (κ2) is 8.05. The molecule has 0 radical (unpaired) electrons. The summed E-state index contributed by atoms with van der Waals surface area (Å²) < 4.78 is 0. The molecule has 5 aromatic rings. The van der Waals surface area contributed by atoms with Crippen LogP contribution < -0.4 is 10.2 Å². The van der Waals surface area contributed by atoms with E-state index in [0.717, 1.165) is 58.3 Å². The monoisotopic (exact) mass is 437 g/mol. The van der Waals surface area contributed by atoms with Gasteiger partial charge in [0.1, 0.15) is 0 Å². The Kier molecular flexibility index (Phi) is 4.75. The lowest BCUT2D eigenvalue weighted by atomic mass is 10.1. The molecule has 1 atom stereocenters. The molecule has 0 aliphatic carbocycles. The summed E-state index contributed by atoms with van der Waals surface area (Å²) >= 11 is 0. The van der Waals surface area contributed by atoms with E-state index < -0.39 is 0 Å². The number of nitrogens with zero attached hydrogens (tertiary/aromatic N) is 4. The van der Waals surface area contributed by atoms with Crippen molar-refractivity contribution in [1.82, 2.24) is 25.4 Å². The van der Waals surface area contributed by atoms with E-state index in [1.54, 1.807) is 12.4 Å². The Morgan fingerprint density at radius 3 is 2.91 bits per heavy atom. The molecule has 0 spiro atoms. The molecule has 0 saturated carbocycles. The number of ketones is 1. The van der Waals surface area contributed by atoms with Gasteiger partial charge in [-0.05, 0) is 54.4 Å². The van der Waals surface area contributed by atoms with Crippen LogP contribution in [0.3, 0.4) is 0 Å². The molecule has 3 aromatic heterocycles. The highest BCUT2D eigenvalue weighted by Gasteiger charge is 2.23. The molecule has 0 bridgehead atoms. The number of rotatable bonds is 6. The van der Waals surface area contributed by atoms with E-state index in [2.05, 4.69) is 72.0 Å². The highest BCUT2D eigenvalue weighted by atomic mass is 16.1. The van der Waals surface area contributed by atoms with Crippen LogP contribution in [0.25, 0.3) is 21.8 Å². The van der Waals surface area contributed by atoms with Gasteiger partial charge in [0.15, 0.2) is 5.78 Å². The minimum atomic E-state index is 0.0424. The summed E-state index contributed by atoms with van der Waals surface area (Å²) in [7, 11) is 0. The van der Waals surface area contributed by atoms with Crippen LogP contribution in [0.4, 0.5) is 11.4 Å². The lowest BCUT2D eigenvalue weighted by Gasteiger charge is -2.19. The van der Waals surface area contributed by atoms with E-state index in [4.69, 9.17) is 0 Å². The zero-order chi connectivity index (χ0) is 22.2. The van der Waals surface area contributed by atoms with Crippen LogP contribution in [0, 0.1) is 0 Å². The maximum atomic E-state index is 12.7. The van der Waals surface area contributed by atoms with Crippen LogP contribution >= 0.6 is 0 Å². The predicted molar refractivity (Wildman–Crippen MR) is 129 cm³/mol. The number of benzene rings is 2. The van der Waals surface area contributed by atoms with Crippen molar-refractivity contribution in [3.8, 4) is 0 Å². The Labute approximate surface area is 190 Å². The van der Waals surface area contributed by atoms with Gasteiger partial charge in [0, 0.05) is 59.4 Å². The summed E-state index contributed by atoms with van der Waals surface area (Å²) in [4.78, 5) is 18.4. The van der Waals surface area contributed by atoms with Crippen molar-refractivity contribution in [2.24, 2.45) is 0 Å². The molecule has 6 rings (SSSR count). The van der Waals surface area contributed by atoms with Gasteiger partial charge in [-0.1, -0.05) is 6.07 Å². The van der Waals surface area contributed by atoms with Crippen LogP contribution in [0.5, 0.6) is 0 Å². The number of aromatic nitrogens is 5. The van der Waals surface area contributed by atoms with Crippen molar-refractivity contribution < 1.29 is 4.79 Å². The number of carbonyl (C=O) groups is 1. The Morgan fingerprint density at radius 2 is 2.00 bits per heavy atom.